The smallest absolute Gasteiger partial charge is 0.0705 e. The van der Waals surface area contributed by atoms with Gasteiger partial charge in [0.25, 0.3) is 0 Å². The van der Waals surface area contributed by atoms with Gasteiger partial charge in [0.2, 0.25) is 0 Å². The fourth-order valence-electron chi connectivity index (χ4n) is 2.40. The molecule has 0 radical (unpaired) electrons. The van der Waals surface area contributed by atoms with Crippen LogP contribution in [-0.2, 0) is 6.54 Å². The van der Waals surface area contributed by atoms with Crippen LogP contribution in [0.15, 0.2) is 36.4 Å². The predicted molar refractivity (Wildman–Crippen MR) is 87.2 cm³/mol. The van der Waals surface area contributed by atoms with Gasteiger partial charge in [-0.15, -0.1) is 11.6 Å². The molecule has 0 fully saturated rings. The molecule has 3 heteroatoms. The lowest BCUT2D eigenvalue weighted by atomic mass is 9.84. The Labute approximate surface area is 126 Å². The molecule has 0 aliphatic carbocycles. The third-order valence-corrected chi connectivity index (χ3v) is 4.81. The molecule has 1 heterocycles. The number of hydrogen-bond acceptors (Lipinski definition) is 2. The van der Waals surface area contributed by atoms with E-state index < -0.39 is 0 Å². The summed E-state index contributed by atoms with van der Waals surface area (Å²) in [6, 6.07) is 12.4. The maximum absolute atomic E-state index is 6.13. The van der Waals surface area contributed by atoms with Gasteiger partial charge in [-0.1, -0.05) is 38.1 Å². The number of pyridine rings is 1. The number of halogens is 1. The Balaban J connectivity index is 1.99. The summed E-state index contributed by atoms with van der Waals surface area (Å²) in [6.07, 6.45) is 2.20. The second-order valence-corrected chi connectivity index (χ2v) is 5.71. The summed E-state index contributed by atoms with van der Waals surface area (Å²) in [4.78, 5) is 4.68. The zero-order valence-corrected chi connectivity index (χ0v) is 13.1. The quantitative estimate of drug-likeness (QED) is 0.766. The Morgan fingerprint density at radius 3 is 2.55 bits per heavy atom. The molecule has 0 atom stereocenters. The van der Waals surface area contributed by atoms with Crippen LogP contribution in [0.5, 0.6) is 0 Å². The van der Waals surface area contributed by atoms with Gasteiger partial charge in [-0.05, 0) is 30.4 Å². The number of nitrogens with zero attached hydrogens (tertiary/aromatic N) is 1. The van der Waals surface area contributed by atoms with Gasteiger partial charge in [-0.3, -0.25) is 4.98 Å². The van der Waals surface area contributed by atoms with Gasteiger partial charge in [0.1, 0.15) is 0 Å². The molecule has 2 nitrogen and oxygen atoms in total. The lowest BCUT2D eigenvalue weighted by Crippen LogP contribution is -2.34. The minimum atomic E-state index is 0.207. The summed E-state index contributed by atoms with van der Waals surface area (Å²) >= 11 is 6.13. The standard InChI is InChI=1S/C17H23ClN2/c1-3-17(4-2,12-18)13-19-11-15-10-9-14-7-5-6-8-16(14)20-15/h5-10,19H,3-4,11-13H2,1-2H3. The topological polar surface area (TPSA) is 24.9 Å². The van der Waals surface area contributed by atoms with Crippen molar-refractivity contribution in [3.8, 4) is 0 Å². The van der Waals surface area contributed by atoms with Gasteiger partial charge in [0.05, 0.1) is 11.2 Å². The average Bonchev–Trinajstić information content (AvgIpc) is 2.52. The molecule has 0 saturated heterocycles. The van der Waals surface area contributed by atoms with Crippen molar-refractivity contribution in [2.75, 3.05) is 12.4 Å². The first kappa shape index (κ1) is 15.3. The molecule has 0 bridgehead atoms. The molecule has 0 unspecified atom stereocenters. The number of alkyl halides is 1. The van der Waals surface area contributed by atoms with Gasteiger partial charge >= 0.3 is 0 Å². The maximum Gasteiger partial charge on any atom is 0.0705 e. The lowest BCUT2D eigenvalue weighted by molar-refractivity contribution is 0.286. The molecule has 0 aliphatic heterocycles. The minimum Gasteiger partial charge on any atom is -0.311 e. The van der Waals surface area contributed by atoms with E-state index in [0.717, 1.165) is 37.1 Å². The molecule has 0 aliphatic rings. The molecule has 1 aromatic heterocycles. The van der Waals surface area contributed by atoms with Crippen LogP contribution in [0, 0.1) is 5.41 Å². The van der Waals surface area contributed by atoms with E-state index >= 15 is 0 Å². The number of aromatic nitrogens is 1. The third kappa shape index (κ3) is 3.50. The van der Waals surface area contributed by atoms with Crippen LogP contribution in [0.4, 0.5) is 0 Å². The fourth-order valence-corrected chi connectivity index (χ4v) is 2.87. The van der Waals surface area contributed by atoms with Gasteiger partial charge < -0.3 is 5.32 Å². The third-order valence-electron chi connectivity index (χ3n) is 4.25. The summed E-state index contributed by atoms with van der Waals surface area (Å²) in [5.41, 5.74) is 2.35. The number of hydrogen-bond donors (Lipinski definition) is 1. The average molecular weight is 291 g/mol. The second kappa shape index (κ2) is 7.05. The van der Waals surface area contributed by atoms with Crippen molar-refractivity contribution in [2.24, 2.45) is 5.41 Å². The first-order chi connectivity index (χ1) is 9.73. The Bertz CT molecular complexity index is 541. The maximum atomic E-state index is 6.13. The van der Waals surface area contributed by atoms with Crippen molar-refractivity contribution >= 4 is 22.5 Å². The molecule has 2 aromatic rings. The van der Waals surface area contributed by atoms with Gasteiger partial charge in [0.15, 0.2) is 0 Å². The van der Waals surface area contributed by atoms with Crippen LogP contribution < -0.4 is 5.32 Å². The highest BCUT2D eigenvalue weighted by Crippen LogP contribution is 2.27. The van der Waals surface area contributed by atoms with Crippen molar-refractivity contribution in [3.05, 3.63) is 42.1 Å². The van der Waals surface area contributed by atoms with Crippen molar-refractivity contribution < 1.29 is 0 Å². The van der Waals surface area contributed by atoms with Gasteiger partial charge in [-0.25, -0.2) is 0 Å². The number of para-hydroxylation sites is 1. The van der Waals surface area contributed by atoms with Crippen molar-refractivity contribution in [3.63, 3.8) is 0 Å². The second-order valence-electron chi connectivity index (χ2n) is 5.44. The normalized spacial score (nSPS) is 11.9. The minimum absolute atomic E-state index is 0.207. The molecule has 2 rings (SSSR count). The predicted octanol–water partition coefficient (Wildman–Crippen LogP) is 4.37. The van der Waals surface area contributed by atoms with Gasteiger partial charge in [-0.2, -0.15) is 0 Å². The molecule has 108 valence electrons. The number of nitrogens with one attached hydrogen (secondary N) is 1. The van der Waals surface area contributed by atoms with E-state index in [9.17, 15) is 0 Å². The van der Waals surface area contributed by atoms with E-state index in [4.69, 9.17) is 11.6 Å². The van der Waals surface area contributed by atoms with Crippen LogP contribution in [-0.4, -0.2) is 17.4 Å². The SMILES string of the molecule is CCC(CC)(CCl)CNCc1ccc2ccccc2n1. The summed E-state index contributed by atoms with van der Waals surface area (Å²) in [5.74, 6) is 0.706. The highest BCUT2D eigenvalue weighted by molar-refractivity contribution is 6.18. The summed E-state index contributed by atoms with van der Waals surface area (Å²) in [6.45, 7) is 6.16. The van der Waals surface area contributed by atoms with E-state index in [2.05, 4.69) is 48.4 Å². The largest absolute Gasteiger partial charge is 0.311 e. The van der Waals surface area contributed by atoms with E-state index in [1.54, 1.807) is 0 Å². The van der Waals surface area contributed by atoms with Crippen LogP contribution in [0.1, 0.15) is 32.4 Å². The van der Waals surface area contributed by atoms with E-state index in [1.807, 2.05) is 12.1 Å². The Morgan fingerprint density at radius 2 is 1.85 bits per heavy atom. The van der Waals surface area contributed by atoms with E-state index in [-0.39, 0.29) is 5.41 Å². The molecule has 0 amide bonds. The van der Waals surface area contributed by atoms with Gasteiger partial charge in [0, 0.05) is 24.4 Å². The highest BCUT2D eigenvalue weighted by atomic mass is 35.5. The molecular weight excluding hydrogens is 268 g/mol. The molecule has 20 heavy (non-hydrogen) atoms. The summed E-state index contributed by atoms with van der Waals surface area (Å²) in [5, 5.41) is 4.70. The van der Waals surface area contributed by atoms with Crippen LogP contribution in [0.3, 0.4) is 0 Å². The monoisotopic (exact) mass is 290 g/mol. The Hall–Kier alpha value is -1.12. The Morgan fingerprint density at radius 1 is 1.10 bits per heavy atom. The number of fused-ring (bicyclic) bond motifs is 1. The van der Waals surface area contributed by atoms with Crippen LogP contribution >= 0.6 is 11.6 Å². The van der Waals surface area contributed by atoms with E-state index in [0.29, 0.717) is 5.88 Å². The number of benzene rings is 1. The molecular formula is C17H23ClN2. The molecule has 1 aromatic carbocycles. The zero-order chi connectivity index (χ0) is 14.4. The van der Waals surface area contributed by atoms with Crippen LogP contribution in [0.25, 0.3) is 10.9 Å². The van der Waals surface area contributed by atoms with Crippen molar-refractivity contribution in [1.29, 1.82) is 0 Å². The first-order valence-electron chi connectivity index (χ1n) is 7.34. The van der Waals surface area contributed by atoms with Crippen molar-refractivity contribution in [2.45, 2.75) is 33.2 Å². The zero-order valence-electron chi connectivity index (χ0n) is 12.3. The number of rotatable bonds is 7. The molecule has 0 saturated carbocycles. The fraction of sp³-hybridized carbons (Fsp3) is 0.471. The Kier molecular flexibility index (Phi) is 5.38. The van der Waals surface area contributed by atoms with Crippen molar-refractivity contribution in [1.82, 2.24) is 10.3 Å². The first-order valence-corrected chi connectivity index (χ1v) is 7.88. The lowest BCUT2D eigenvalue weighted by Gasteiger charge is -2.29. The summed E-state index contributed by atoms with van der Waals surface area (Å²) < 4.78 is 0. The van der Waals surface area contributed by atoms with E-state index in [1.165, 1.54) is 5.39 Å². The highest BCUT2D eigenvalue weighted by Gasteiger charge is 2.24. The van der Waals surface area contributed by atoms with Crippen LogP contribution in [0.2, 0.25) is 0 Å². The molecule has 1 N–H and O–H groups in total. The summed E-state index contributed by atoms with van der Waals surface area (Å²) in [7, 11) is 0. The molecule has 0 spiro atoms.